The van der Waals surface area contributed by atoms with Crippen LogP contribution in [0.4, 0.5) is 10.1 Å². The molecule has 1 aromatic rings. The van der Waals surface area contributed by atoms with E-state index in [9.17, 15) is 24.4 Å². The van der Waals surface area contributed by atoms with E-state index in [1.165, 1.54) is 6.92 Å². The lowest BCUT2D eigenvalue weighted by atomic mass is 10.0. The number of carbonyl (C=O) groups excluding carboxylic acids is 1. The second-order valence-corrected chi connectivity index (χ2v) is 3.68. The van der Waals surface area contributed by atoms with E-state index >= 15 is 0 Å². The van der Waals surface area contributed by atoms with Gasteiger partial charge in [0.1, 0.15) is 5.75 Å². The van der Waals surface area contributed by atoms with E-state index in [0.717, 1.165) is 18.2 Å². The number of ether oxygens (including phenoxy) is 1. The summed E-state index contributed by atoms with van der Waals surface area (Å²) in [6.07, 6.45) is -2.25. The summed E-state index contributed by atoms with van der Waals surface area (Å²) < 4.78 is 18.2. The first-order valence-corrected chi connectivity index (χ1v) is 5.42. The molecule has 9 heteroatoms. The maximum Gasteiger partial charge on any atom is 0.342 e. The summed E-state index contributed by atoms with van der Waals surface area (Å²) in [5.74, 6) is -1.51. The van der Waals surface area contributed by atoms with Crippen molar-refractivity contribution < 1.29 is 24.0 Å². The summed E-state index contributed by atoms with van der Waals surface area (Å²) in [5.41, 5.74) is 4.74. The molecule has 1 rings (SSSR count). The number of nitrogens with zero attached hydrogens (tertiary/aromatic N) is 1. The summed E-state index contributed by atoms with van der Waals surface area (Å²) in [7, 11) is 0. The van der Waals surface area contributed by atoms with Gasteiger partial charge in [-0.3, -0.25) is 10.1 Å². The molecule has 0 saturated heterocycles. The van der Waals surface area contributed by atoms with Crippen LogP contribution in [0, 0.1) is 10.1 Å². The zero-order valence-corrected chi connectivity index (χ0v) is 11.3. The molecule has 0 fully saturated rings. The van der Waals surface area contributed by atoms with Crippen LogP contribution in [0.2, 0.25) is 0 Å². The molecule has 0 radical (unpaired) electrons. The van der Waals surface area contributed by atoms with Crippen molar-refractivity contribution in [3.05, 3.63) is 33.9 Å². The van der Waals surface area contributed by atoms with Crippen LogP contribution in [0.3, 0.4) is 0 Å². The molecule has 7 nitrogen and oxygen atoms in total. The van der Waals surface area contributed by atoms with Crippen LogP contribution < -0.4 is 5.73 Å². The Hall–Kier alpha value is -1.93. The minimum absolute atomic E-state index is 0. The molecule has 2 atom stereocenters. The second kappa shape index (κ2) is 7.61. The number of nitro benzene ring substituents is 1. The first-order valence-electron chi connectivity index (χ1n) is 5.42. The number of benzene rings is 1. The molecule has 0 aromatic heterocycles. The van der Waals surface area contributed by atoms with E-state index in [0.29, 0.717) is 0 Å². The van der Waals surface area contributed by atoms with Crippen LogP contribution in [-0.4, -0.2) is 28.8 Å². The minimum atomic E-state index is -2.25. The first kappa shape index (κ1) is 18.1. The number of esters is 1. The van der Waals surface area contributed by atoms with E-state index in [-0.39, 0.29) is 30.3 Å². The van der Waals surface area contributed by atoms with Crippen molar-refractivity contribution in [2.75, 3.05) is 6.61 Å². The van der Waals surface area contributed by atoms with Crippen LogP contribution in [0.5, 0.6) is 5.75 Å². The lowest BCUT2D eigenvalue weighted by Crippen LogP contribution is -2.32. The predicted octanol–water partition coefficient (Wildman–Crippen LogP) is 1.62. The average molecular weight is 309 g/mol. The Kier molecular flexibility index (Phi) is 6.87. The Morgan fingerprint density at radius 1 is 1.60 bits per heavy atom. The topological polar surface area (TPSA) is 116 Å². The largest absolute Gasteiger partial charge is 0.508 e. The van der Waals surface area contributed by atoms with Gasteiger partial charge in [0.25, 0.3) is 5.69 Å². The third kappa shape index (κ3) is 4.04. The summed E-state index contributed by atoms with van der Waals surface area (Å²) in [5, 5.41) is 20.1. The molecule has 0 heterocycles. The fraction of sp³-hybridized carbons (Fsp3) is 0.364. The Balaban J connectivity index is 0.00000361. The third-order valence-electron chi connectivity index (χ3n) is 2.39. The fourth-order valence-electron chi connectivity index (χ4n) is 1.50. The van der Waals surface area contributed by atoms with Crippen LogP contribution in [-0.2, 0) is 9.53 Å². The van der Waals surface area contributed by atoms with E-state index in [1.807, 2.05) is 0 Å². The van der Waals surface area contributed by atoms with E-state index in [2.05, 4.69) is 4.74 Å². The lowest BCUT2D eigenvalue weighted by molar-refractivity contribution is -0.385. The molecular weight excluding hydrogens is 295 g/mol. The van der Waals surface area contributed by atoms with Crippen molar-refractivity contribution in [2.24, 2.45) is 5.73 Å². The number of aromatic hydroxyl groups is 1. The fourth-order valence-corrected chi connectivity index (χ4v) is 1.50. The SMILES string of the molecule is CCOC(=O)C(F)[C@H](N)c1cc(O)ccc1[N+](=O)[O-].Cl. The second-order valence-electron chi connectivity index (χ2n) is 3.68. The molecule has 20 heavy (non-hydrogen) atoms. The molecule has 112 valence electrons. The van der Waals surface area contributed by atoms with Crippen molar-refractivity contribution in [1.82, 2.24) is 0 Å². The third-order valence-corrected chi connectivity index (χ3v) is 2.39. The maximum absolute atomic E-state index is 13.7. The molecule has 0 aliphatic heterocycles. The van der Waals surface area contributed by atoms with Gasteiger partial charge in [-0.25, -0.2) is 9.18 Å². The summed E-state index contributed by atoms with van der Waals surface area (Å²) >= 11 is 0. The average Bonchev–Trinajstić information content (AvgIpc) is 2.36. The molecule has 0 spiro atoms. The highest BCUT2D eigenvalue weighted by Gasteiger charge is 2.32. The van der Waals surface area contributed by atoms with Crippen molar-refractivity contribution in [1.29, 1.82) is 0 Å². The van der Waals surface area contributed by atoms with Crippen molar-refractivity contribution >= 4 is 24.1 Å². The van der Waals surface area contributed by atoms with Crippen LogP contribution in [0.1, 0.15) is 18.5 Å². The Morgan fingerprint density at radius 2 is 2.20 bits per heavy atom. The zero-order valence-electron chi connectivity index (χ0n) is 10.5. The summed E-state index contributed by atoms with van der Waals surface area (Å²) in [6, 6.07) is 1.43. The van der Waals surface area contributed by atoms with Crippen LogP contribution in [0.25, 0.3) is 0 Å². The monoisotopic (exact) mass is 308 g/mol. The molecule has 3 N–H and O–H groups in total. The maximum atomic E-state index is 13.7. The number of carbonyl (C=O) groups is 1. The van der Waals surface area contributed by atoms with Gasteiger partial charge in [0.2, 0.25) is 6.17 Å². The molecule has 0 bridgehead atoms. The number of hydrogen-bond acceptors (Lipinski definition) is 6. The summed E-state index contributed by atoms with van der Waals surface area (Å²) in [4.78, 5) is 21.2. The van der Waals surface area contributed by atoms with E-state index in [4.69, 9.17) is 5.73 Å². The van der Waals surface area contributed by atoms with Gasteiger partial charge in [0, 0.05) is 6.07 Å². The highest BCUT2D eigenvalue weighted by molar-refractivity contribution is 5.85. The quantitative estimate of drug-likeness (QED) is 0.485. The van der Waals surface area contributed by atoms with Crippen LogP contribution >= 0.6 is 12.4 Å². The number of phenols is 1. The van der Waals surface area contributed by atoms with E-state index < -0.39 is 28.8 Å². The Bertz CT molecular complexity index is 500. The number of nitro groups is 1. The van der Waals surface area contributed by atoms with Gasteiger partial charge in [-0.15, -0.1) is 12.4 Å². The van der Waals surface area contributed by atoms with Gasteiger partial charge in [-0.2, -0.15) is 0 Å². The highest BCUT2D eigenvalue weighted by Crippen LogP contribution is 2.30. The Morgan fingerprint density at radius 3 is 2.70 bits per heavy atom. The van der Waals surface area contributed by atoms with E-state index in [1.54, 1.807) is 0 Å². The normalized spacial score (nSPS) is 12.9. The molecule has 0 saturated carbocycles. The van der Waals surface area contributed by atoms with Crippen molar-refractivity contribution in [3.8, 4) is 5.75 Å². The minimum Gasteiger partial charge on any atom is -0.508 e. The Labute approximate surface area is 120 Å². The van der Waals surface area contributed by atoms with Gasteiger partial charge in [-0.1, -0.05) is 0 Å². The number of alkyl halides is 1. The number of nitrogens with two attached hydrogens (primary N) is 1. The van der Waals surface area contributed by atoms with Gasteiger partial charge >= 0.3 is 5.97 Å². The first-order chi connectivity index (χ1) is 8.88. The summed E-state index contributed by atoms with van der Waals surface area (Å²) in [6.45, 7) is 1.46. The van der Waals surface area contributed by atoms with Gasteiger partial charge in [0.05, 0.1) is 23.1 Å². The van der Waals surface area contributed by atoms with Gasteiger partial charge in [-0.05, 0) is 19.1 Å². The number of halogens is 2. The predicted molar refractivity (Wildman–Crippen MR) is 70.5 cm³/mol. The number of hydrogen-bond donors (Lipinski definition) is 2. The molecule has 1 unspecified atom stereocenters. The van der Waals surface area contributed by atoms with Gasteiger partial charge in [0.15, 0.2) is 0 Å². The lowest BCUT2D eigenvalue weighted by Gasteiger charge is -2.16. The highest BCUT2D eigenvalue weighted by atomic mass is 35.5. The number of rotatable bonds is 5. The molecule has 0 aliphatic carbocycles. The molecule has 1 aromatic carbocycles. The smallest absolute Gasteiger partial charge is 0.342 e. The molecular formula is C11H14ClFN2O5. The van der Waals surface area contributed by atoms with Crippen molar-refractivity contribution in [3.63, 3.8) is 0 Å². The van der Waals surface area contributed by atoms with Gasteiger partial charge < -0.3 is 15.6 Å². The number of phenolic OH excluding ortho intramolecular Hbond substituents is 1. The molecule has 0 amide bonds. The standard InChI is InChI=1S/C11H13FN2O5.ClH/c1-2-19-11(16)9(12)10(13)7-5-6(15)3-4-8(7)14(17)18;/h3-5,9-10,15H,2,13H2,1H3;1H/t9?,10-;/m1./s1. The zero-order chi connectivity index (χ0) is 14.6. The van der Waals surface area contributed by atoms with Crippen molar-refractivity contribution in [2.45, 2.75) is 19.1 Å². The van der Waals surface area contributed by atoms with Crippen LogP contribution in [0.15, 0.2) is 18.2 Å². The molecule has 0 aliphatic rings.